The summed E-state index contributed by atoms with van der Waals surface area (Å²) in [5.41, 5.74) is 4.89. The predicted octanol–water partition coefficient (Wildman–Crippen LogP) is 5.90. The molecule has 0 atom stereocenters. The third kappa shape index (κ3) is 2.33. The quantitative estimate of drug-likeness (QED) is 0.373. The molecule has 0 bridgehead atoms. The number of aromatic nitrogens is 1. The lowest BCUT2D eigenvalue weighted by Crippen LogP contribution is -1.96. The number of halogens is 1. The van der Waals surface area contributed by atoms with Crippen molar-refractivity contribution < 1.29 is 0 Å². The summed E-state index contributed by atoms with van der Waals surface area (Å²) < 4.78 is 3.58. The molecule has 0 saturated carbocycles. The smallest absolute Gasteiger partial charge is 0.0540 e. The highest BCUT2D eigenvalue weighted by molar-refractivity contribution is 14.1. The summed E-state index contributed by atoms with van der Waals surface area (Å²) in [4.78, 5) is 0. The van der Waals surface area contributed by atoms with Crippen LogP contribution in [0.5, 0.6) is 0 Å². The van der Waals surface area contributed by atoms with Gasteiger partial charge in [0, 0.05) is 14.6 Å². The van der Waals surface area contributed by atoms with Crippen LogP contribution in [0.15, 0.2) is 84.9 Å². The summed E-state index contributed by atoms with van der Waals surface area (Å²) in [5.74, 6) is 0. The Bertz CT molecular complexity index is 921. The number of nitrogens with zero attached hydrogens (tertiary/aromatic N) is 1. The largest absolute Gasteiger partial charge is 0.309 e. The summed E-state index contributed by atoms with van der Waals surface area (Å²) in [6, 6.07) is 30.0. The van der Waals surface area contributed by atoms with Gasteiger partial charge in [-0.15, -0.1) is 0 Å². The Balaban J connectivity index is 2.04. The number of hydrogen-bond acceptors (Lipinski definition) is 0. The van der Waals surface area contributed by atoms with Gasteiger partial charge in [-0.2, -0.15) is 0 Å². The minimum atomic E-state index is 1.19. The summed E-state index contributed by atoms with van der Waals surface area (Å²) in [6.45, 7) is 0. The maximum Gasteiger partial charge on any atom is 0.0540 e. The van der Waals surface area contributed by atoms with Gasteiger partial charge in [-0.1, -0.05) is 48.5 Å². The van der Waals surface area contributed by atoms with Gasteiger partial charge in [0.25, 0.3) is 0 Å². The molecule has 0 spiro atoms. The number of rotatable bonds is 2. The maximum absolute atomic E-state index is 2.34. The molecule has 0 aliphatic heterocycles. The molecule has 2 heteroatoms. The van der Waals surface area contributed by atoms with E-state index in [0.717, 1.165) is 0 Å². The van der Waals surface area contributed by atoms with E-state index in [1.165, 1.54) is 31.4 Å². The van der Waals surface area contributed by atoms with Crippen molar-refractivity contribution in [3.8, 4) is 16.9 Å². The Kier molecular flexibility index (Phi) is 3.47. The minimum absolute atomic E-state index is 1.19. The van der Waals surface area contributed by atoms with Crippen molar-refractivity contribution in [3.63, 3.8) is 0 Å². The number of fused-ring (bicyclic) bond motifs is 1. The zero-order valence-corrected chi connectivity index (χ0v) is 14.1. The monoisotopic (exact) mass is 395 g/mol. The second kappa shape index (κ2) is 5.61. The van der Waals surface area contributed by atoms with Crippen LogP contribution in [0.3, 0.4) is 0 Å². The van der Waals surface area contributed by atoms with Crippen molar-refractivity contribution >= 4 is 33.5 Å². The molecule has 0 unspecified atom stereocenters. The molecule has 106 valence electrons. The van der Waals surface area contributed by atoms with E-state index in [9.17, 15) is 0 Å². The van der Waals surface area contributed by atoms with Crippen LogP contribution in [0.25, 0.3) is 27.8 Å². The van der Waals surface area contributed by atoms with Crippen molar-refractivity contribution in [1.29, 1.82) is 0 Å². The highest BCUT2D eigenvalue weighted by Gasteiger charge is 2.11. The van der Waals surface area contributed by atoms with Crippen LogP contribution in [0.4, 0.5) is 0 Å². The average Bonchev–Trinajstić information content (AvgIpc) is 2.96. The molecule has 0 aliphatic carbocycles. The molecule has 0 N–H and O–H groups in total. The first-order valence-corrected chi connectivity index (χ1v) is 8.33. The molecule has 1 aromatic heterocycles. The van der Waals surface area contributed by atoms with Gasteiger partial charge in [0.05, 0.1) is 11.2 Å². The van der Waals surface area contributed by atoms with Crippen molar-refractivity contribution in [2.45, 2.75) is 0 Å². The zero-order chi connectivity index (χ0) is 14.9. The second-order valence-corrected chi connectivity index (χ2v) is 6.51. The summed E-state index contributed by atoms with van der Waals surface area (Å²) >= 11 is 2.34. The molecule has 0 fully saturated rings. The Labute approximate surface area is 143 Å². The van der Waals surface area contributed by atoms with Crippen molar-refractivity contribution in [3.05, 3.63) is 88.5 Å². The fourth-order valence-corrected chi connectivity index (χ4v) is 3.20. The summed E-state index contributed by atoms with van der Waals surface area (Å²) in [7, 11) is 0. The first kappa shape index (κ1) is 13.6. The van der Waals surface area contributed by atoms with Crippen molar-refractivity contribution in [1.82, 2.24) is 4.57 Å². The molecule has 1 heterocycles. The van der Waals surface area contributed by atoms with Crippen LogP contribution in [-0.4, -0.2) is 4.57 Å². The lowest BCUT2D eigenvalue weighted by molar-refractivity contribution is 1.13. The topological polar surface area (TPSA) is 4.93 Å². The maximum atomic E-state index is 2.34. The Hall–Kier alpha value is -2.07. The van der Waals surface area contributed by atoms with E-state index in [-0.39, 0.29) is 0 Å². The molecule has 1 nitrogen and oxygen atoms in total. The van der Waals surface area contributed by atoms with Crippen molar-refractivity contribution in [2.75, 3.05) is 0 Å². The van der Waals surface area contributed by atoms with Gasteiger partial charge in [0.1, 0.15) is 0 Å². The molecular formula is C20H14IN. The molecule has 0 amide bonds. The van der Waals surface area contributed by atoms with Crippen molar-refractivity contribution in [2.24, 2.45) is 0 Å². The van der Waals surface area contributed by atoms with Crippen LogP contribution in [0, 0.1) is 3.57 Å². The molecule has 0 radical (unpaired) electrons. The first-order valence-electron chi connectivity index (χ1n) is 7.25. The molecule has 4 aromatic rings. The summed E-state index contributed by atoms with van der Waals surface area (Å²) in [5, 5.41) is 1.26. The lowest BCUT2D eigenvalue weighted by atomic mass is 10.1. The lowest BCUT2D eigenvalue weighted by Gasteiger charge is -2.11. The second-order valence-electron chi connectivity index (χ2n) is 5.27. The van der Waals surface area contributed by atoms with Gasteiger partial charge in [-0.3, -0.25) is 0 Å². The Morgan fingerprint density at radius 3 is 2.14 bits per heavy atom. The normalized spacial score (nSPS) is 11.0. The standard InChI is InChI=1S/C20H14IN/c21-17-12-10-15(11-13-17)20-14-16-6-4-5-9-19(16)22(20)18-7-2-1-3-8-18/h1-14H. The van der Waals surface area contributed by atoms with Crippen LogP contribution in [-0.2, 0) is 0 Å². The average molecular weight is 395 g/mol. The highest BCUT2D eigenvalue weighted by atomic mass is 127. The Morgan fingerprint density at radius 1 is 0.682 bits per heavy atom. The van der Waals surface area contributed by atoms with E-state index < -0.39 is 0 Å². The zero-order valence-electron chi connectivity index (χ0n) is 11.9. The molecule has 22 heavy (non-hydrogen) atoms. The molecule has 3 aromatic carbocycles. The van der Waals surface area contributed by atoms with E-state index in [4.69, 9.17) is 0 Å². The third-order valence-corrected chi connectivity index (χ3v) is 4.58. The van der Waals surface area contributed by atoms with Gasteiger partial charge in [-0.25, -0.2) is 0 Å². The van der Waals surface area contributed by atoms with Gasteiger partial charge in [-0.05, 0) is 64.6 Å². The molecule has 4 rings (SSSR count). The predicted molar refractivity (Wildman–Crippen MR) is 101 cm³/mol. The van der Waals surface area contributed by atoms with E-state index in [1.54, 1.807) is 0 Å². The van der Waals surface area contributed by atoms with Crippen LogP contribution >= 0.6 is 22.6 Å². The number of para-hydroxylation sites is 2. The molecule has 0 saturated heterocycles. The van der Waals surface area contributed by atoms with Gasteiger partial charge in [0.2, 0.25) is 0 Å². The van der Waals surface area contributed by atoms with E-state index in [1.807, 2.05) is 0 Å². The molecular weight excluding hydrogens is 381 g/mol. The van der Waals surface area contributed by atoms with E-state index >= 15 is 0 Å². The van der Waals surface area contributed by atoms with E-state index in [0.29, 0.717) is 0 Å². The minimum Gasteiger partial charge on any atom is -0.309 e. The van der Waals surface area contributed by atoms with Crippen LogP contribution < -0.4 is 0 Å². The third-order valence-electron chi connectivity index (χ3n) is 3.87. The van der Waals surface area contributed by atoms with Crippen LogP contribution in [0.1, 0.15) is 0 Å². The fourth-order valence-electron chi connectivity index (χ4n) is 2.84. The SMILES string of the molecule is Ic1ccc(-c2cc3ccccc3n2-c2ccccc2)cc1. The fraction of sp³-hybridized carbons (Fsp3) is 0. The first-order chi connectivity index (χ1) is 10.8. The Morgan fingerprint density at radius 2 is 1.36 bits per heavy atom. The van der Waals surface area contributed by atoms with Gasteiger partial charge >= 0.3 is 0 Å². The van der Waals surface area contributed by atoms with E-state index in [2.05, 4.69) is 112 Å². The summed E-state index contributed by atoms with van der Waals surface area (Å²) in [6.07, 6.45) is 0. The van der Waals surface area contributed by atoms with Crippen LogP contribution in [0.2, 0.25) is 0 Å². The highest BCUT2D eigenvalue weighted by Crippen LogP contribution is 2.31. The molecule has 0 aliphatic rings. The van der Waals surface area contributed by atoms with Gasteiger partial charge < -0.3 is 4.57 Å². The van der Waals surface area contributed by atoms with Gasteiger partial charge in [0.15, 0.2) is 0 Å². The number of hydrogen-bond donors (Lipinski definition) is 0. The number of benzene rings is 3.